The number of rotatable bonds is 6. The molecule has 0 spiro atoms. The van der Waals surface area contributed by atoms with Gasteiger partial charge in [0.2, 0.25) is 0 Å². The quantitative estimate of drug-likeness (QED) is 0.610. The van der Waals surface area contributed by atoms with Crippen molar-refractivity contribution in [1.29, 1.82) is 0 Å². The smallest absolute Gasteiger partial charge is 0.0619 e. The molecule has 0 aromatic carbocycles. The van der Waals surface area contributed by atoms with Crippen LogP contribution in [0.15, 0.2) is 0 Å². The lowest BCUT2D eigenvalue weighted by molar-refractivity contribution is 0.122. The number of nitrogens with one attached hydrogen (secondary N) is 1. The highest BCUT2D eigenvalue weighted by Crippen LogP contribution is 1.95. The minimum absolute atomic E-state index is 0.546. The molecule has 62 valence electrons. The summed E-state index contributed by atoms with van der Waals surface area (Å²) in [6.07, 6.45) is 2.43. The summed E-state index contributed by atoms with van der Waals surface area (Å²) >= 11 is 0. The zero-order valence-electron chi connectivity index (χ0n) is 7.31. The van der Waals surface area contributed by atoms with Crippen LogP contribution in [0.25, 0.3) is 0 Å². The van der Waals surface area contributed by atoms with Gasteiger partial charge >= 0.3 is 0 Å². The Morgan fingerprint density at radius 1 is 1.40 bits per heavy atom. The standard InChI is InChI=1S/C8H19NO/c1-4-6-8(9-3)7-10-5-2/h8-9H,4-7H2,1-3H3/t8-/m1/s1. The molecule has 0 amide bonds. The summed E-state index contributed by atoms with van der Waals surface area (Å²) in [6.45, 7) is 5.89. The molecule has 0 aromatic heterocycles. The van der Waals surface area contributed by atoms with Crippen LogP contribution in [0.4, 0.5) is 0 Å². The normalized spacial score (nSPS) is 13.5. The van der Waals surface area contributed by atoms with E-state index >= 15 is 0 Å². The van der Waals surface area contributed by atoms with Crippen molar-refractivity contribution in [3.05, 3.63) is 0 Å². The van der Waals surface area contributed by atoms with Crippen molar-refractivity contribution in [2.45, 2.75) is 32.7 Å². The zero-order valence-corrected chi connectivity index (χ0v) is 7.31. The van der Waals surface area contributed by atoms with Gasteiger partial charge in [-0.2, -0.15) is 0 Å². The van der Waals surface area contributed by atoms with E-state index in [2.05, 4.69) is 12.2 Å². The van der Waals surface area contributed by atoms with Gasteiger partial charge in [0, 0.05) is 12.6 Å². The summed E-state index contributed by atoms with van der Waals surface area (Å²) in [7, 11) is 1.99. The number of hydrogen-bond donors (Lipinski definition) is 1. The molecule has 0 aliphatic rings. The van der Waals surface area contributed by atoms with Crippen LogP contribution in [0.3, 0.4) is 0 Å². The van der Waals surface area contributed by atoms with Gasteiger partial charge in [0.25, 0.3) is 0 Å². The third kappa shape index (κ3) is 4.77. The fraction of sp³-hybridized carbons (Fsp3) is 1.00. The predicted octanol–water partition coefficient (Wildman–Crippen LogP) is 1.41. The average molecular weight is 145 g/mol. The molecule has 0 radical (unpaired) electrons. The lowest BCUT2D eigenvalue weighted by Crippen LogP contribution is -2.30. The van der Waals surface area contributed by atoms with Crippen molar-refractivity contribution in [2.75, 3.05) is 20.3 Å². The van der Waals surface area contributed by atoms with Gasteiger partial charge in [0.15, 0.2) is 0 Å². The van der Waals surface area contributed by atoms with Crippen LogP contribution >= 0.6 is 0 Å². The number of hydrogen-bond acceptors (Lipinski definition) is 2. The zero-order chi connectivity index (χ0) is 7.82. The molecule has 0 fully saturated rings. The van der Waals surface area contributed by atoms with Crippen LogP contribution in [0.5, 0.6) is 0 Å². The minimum Gasteiger partial charge on any atom is -0.380 e. The van der Waals surface area contributed by atoms with Crippen LogP contribution in [0.1, 0.15) is 26.7 Å². The van der Waals surface area contributed by atoms with E-state index in [4.69, 9.17) is 4.74 Å². The largest absolute Gasteiger partial charge is 0.380 e. The molecule has 2 nitrogen and oxygen atoms in total. The Morgan fingerprint density at radius 3 is 2.50 bits per heavy atom. The molecule has 2 heteroatoms. The molecule has 1 atom stereocenters. The topological polar surface area (TPSA) is 21.3 Å². The summed E-state index contributed by atoms with van der Waals surface area (Å²) in [5.41, 5.74) is 0. The van der Waals surface area contributed by atoms with Crippen LogP contribution < -0.4 is 5.32 Å². The Morgan fingerprint density at radius 2 is 2.10 bits per heavy atom. The second kappa shape index (κ2) is 7.03. The van der Waals surface area contributed by atoms with E-state index in [-0.39, 0.29) is 0 Å². The van der Waals surface area contributed by atoms with Crippen molar-refractivity contribution in [3.8, 4) is 0 Å². The van der Waals surface area contributed by atoms with Crippen molar-refractivity contribution < 1.29 is 4.74 Å². The molecule has 0 bridgehead atoms. The molecule has 10 heavy (non-hydrogen) atoms. The van der Waals surface area contributed by atoms with E-state index < -0.39 is 0 Å². The summed E-state index contributed by atoms with van der Waals surface area (Å²) in [6, 6.07) is 0.546. The van der Waals surface area contributed by atoms with Gasteiger partial charge in [-0.25, -0.2) is 0 Å². The average Bonchev–Trinajstić information content (AvgIpc) is 1.98. The molecule has 0 heterocycles. The van der Waals surface area contributed by atoms with Gasteiger partial charge in [-0.05, 0) is 20.4 Å². The Bertz CT molecular complexity index is 66.3. The first-order chi connectivity index (χ1) is 4.85. The lowest BCUT2D eigenvalue weighted by Gasteiger charge is -2.13. The Hall–Kier alpha value is -0.0800. The fourth-order valence-electron chi connectivity index (χ4n) is 0.920. The van der Waals surface area contributed by atoms with Gasteiger partial charge < -0.3 is 10.1 Å². The molecule has 1 N–H and O–H groups in total. The van der Waals surface area contributed by atoms with Gasteiger partial charge in [-0.1, -0.05) is 13.3 Å². The van der Waals surface area contributed by atoms with E-state index in [1.807, 2.05) is 14.0 Å². The summed E-state index contributed by atoms with van der Waals surface area (Å²) < 4.78 is 5.28. The minimum atomic E-state index is 0.546. The van der Waals surface area contributed by atoms with Gasteiger partial charge in [0.1, 0.15) is 0 Å². The summed E-state index contributed by atoms with van der Waals surface area (Å²) in [5, 5.41) is 3.21. The van der Waals surface area contributed by atoms with Crippen LogP contribution in [-0.2, 0) is 4.74 Å². The van der Waals surface area contributed by atoms with Crippen LogP contribution in [-0.4, -0.2) is 26.3 Å². The first kappa shape index (κ1) is 9.92. The monoisotopic (exact) mass is 145 g/mol. The Kier molecular flexibility index (Phi) is 6.98. The van der Waals surface area contributed by atoms with Crippen molar-refractivity contribution in [3.63, 3.8) is 0 Å². The lowest BCUT2D eigenvalue weighted by atomic mass is 10.2. The second-order valence-corrected chi connectivity index (χ2v) is 2.43. The second-order valence-electron chi connectivity index (χ2n) is 2.43. The highest BCUT2D eigenvalue weighted by molar-refractivity contribution is 4.61. The molecular weight excluding hydrogens is 126 g/mol. The predicted molar refractivity (Wildman–Crippen MR) is 44.2 cm³/mol. The van der Waals surface area contributed by atoms with E-state index in [0.29, 0.717) is 6.04 Å². The molecule has 0 saturated heterocycles. The Balaban J connectivity index is 3.21. The van der Waals surface area contributed by atoms with Gasteiger partial charge in [0.05, 0.1) is 6.61 Å². The van der Waals surface area contributed by atoms with E-state index in [0.717, 1.165) is 13.2 Å². The maximum absolute atomic E-state index is 5.28. The summed E-state index contributed by atoms with van der Waals surface area (Å²) in [4.78, 5) is 0. The van der Waals surface area contributed by atoms with Crippen LogP contribution in [0.2, 0.25) is 0 Å². The van der Waals surface area contributed by atoms with Gasteiger partial charge in [-0.15, -0.1) is 0 Å². The van der Waals surface area contributed by atoms with E-state index in [1.165, 1.54) is 12.8 Å². The maximum Gasteiger partial charge on any atom is 0.0619 e. The summed E-state index contributed by atoms with van der Waals surface area (Å²) in [5.74, 6) is 0. The van der Waals surface area contributed by atoms with E-state index in [9.17, 15) is 0 Å². The Labute approximate surface area is 64.0 Å². The number of likely N-dealkylation sites (N-methyl/N-ethyl adjacent to an activating group) is 1. The van der Waals surface area contributed by atoms with Crippen LogP contribution in [0, 0.1) is 0 Å². The molecule has 0 rings (SSSR count). The van der Waals surface area contributed by atoms with Crippen molar-refractivity contribution in [1.82, 2.24) is 5.32 Å². The third-order valence-electron chi connectivity index (χ3n) is 1.57. The fourth-order valence-corrected chi connectivity index (χ4v) is 0.920. The van der Waals surface area contributed by atoms with Crippen molar-refractivity contribution in [2.24, 2.45) is 0 Å². The molecule has 0 aliphatic heterocycles. The molecular formula is C8H19NO. The highest BCUT2D eigenvalue weighted by Gasteiger charge is 2.02. The molecule has 0 unspecified atom stereocenters. The molecule has 0 aromatic rings. The SMILES string of the molecule is CCC[C@H](COCC)NC. The molecule has 0 aliphatic carbocycles. The number of ether oxygens (including phenoxy) is 1. The third-order valence-corrected chi connectivity index (χ3v) is 1.57. The van der Waals surface area contributed by atoms with Gasteiger partial charge in [-0.3, -0.25) is 0 Å². The molecule has 0 saturated carbocycles. The first-order valence-electron chi connectivity index (χ1n) is 4.10. The van der Waals surface area contributed by atoms with Crippen molar-refractivity contribution >= 4 is 0 Å². The van der Waals surface area contributed by atoms with E-state index in [1.54, 1.807) is 0 Å². The highest BCUT2D eigenvalue weighted by atomic mass is 16.5. The maximum atomic E-state index is 5.28. The first-order valence-corrected chi connectivity index (χ1v) is 4.10.